The first-order valence-corrected chi connectivity index (χ1v) is 6.68. The van der Waals surface area contributed by atoms with Gasteiger partial charge in [-0.05, 0) is 42.4 Å². The molecule has 0 heterocycles. The molecule has 86 valence electrons. The van der Waals surface area contributed by atoms with Gasteiger partial charge in [-0.15, -0.1) is 0 Å². The van der Waals surface area contributed by atoms with Gasteiger partial charge in [-0.25, -0.2) is 13.6 Å². The van der Waals surface area contributed by atoms with Crippen molar-refractivity contribution in [2.24, 2.45) is 10.1 Å². The second kappa shape index (κ2) is 5.32. The molecular weight excluding hydrogens is 244 g/mol. The molecule has 0 fully saturated rings. The Bertz CT molecular complexity index is 532. The molecule has 0 radical (unpaired) electrons. The lowest BCUT2D eigenvalue weighted by atomic mass is 10.1. The fraction of sp³-hybridized carbons (Fsp3) is 0.300. The number of sulfonamides is 1. The van der Waals surface area contributed by atoms with Crippen molar-refractivity contribution in [1.82, 2.24) is 0 Å². The number of hydrogen-bond donors (Lipinski definition) is 1. The van der Waals surface area contributed by atoms with Gasteiger partial charge in [0.15, 0.2) is 0 Å². The molecular formula is C10H12N2O2S2. The van der Waals surface area contributed by atoms with Crippen molar-refractivity contribution in [1.29, 1.82) is 0 Å². The summed E-state index contributed by atoms with van der Waals surface area (Å²) in [7, 11) is -3.68. The van der Waals surface area contributed by atoms with E-state index in [0.717, 1.165) is 6.42 Å². The zero-order valence-corrected chi connectivity index (χ0v) is 10.4. The lowest BCUT2D eigenvalue weighted by molar-refractivity contribution is 0.596. The summed E-state index contributed by atoms with van der Waals surface area (Å²) < 4.78 is 22.6. The molecule has 0 bridgehead atoms. The van der Waals surface area contributed by atoms with Crippen LogP contribution in [0.25, 0.3) is 0 Å². The standard InChI is InChI=1S/C10H12N2O2S2/c1-2-3-8-6-9(12-7-15)4-5-10(8)16(11,13)14/h4-6H,2-3H2,1H3,(H2,11,13,14). The van der Waals surface area contributed by atoms with Crippen LogP contribution in [-0.4, -0.2) is 13.6 Å². The topological polar surface area (TPSA) is 72.5 Å². The molecule has 0 aromatic heterocycles. The van der Waals surface area contributed by atoms with Gasteiger partial charge in [0.2, 0.25) is 10.0 Å². The monoisotopic (exact) mass is 256 g/mol. The summed E-state index contributed by atoms with van der Waals surface area (Å²) >= 11 is 4.49. The van der Waals surface area contributed by atoms with Crippen LogP contribution >= 0.6 is 12.2 Å². The lowest BCUT2D eigenvalue weighted by Crippen LogP contribution is -2.14. The highest BCUT2D eigenvalue weighted by Gasteiger charge is 2.13. The Balaban J connectivity index is 3.35. The Labute approximate surface area is 100 Å². The SMILES string of the molecule is CCCc1cc(N=C=S)ccc1S(N)(=O)=O. The number of rotatable bonds is 4. The van der Waals surface area contributed by atoms with Gasteiger partial charge in [0.05, 0.1) is 15.7 Å². The quantitative estimate of drug-likeness (QED) is 0.661. The molecule has 0 aliphatic heterocycles. The third kappa shape index (κ3) is 3.21. The van der Waals surface area contributed by atoms with Crippen molar-refractivity contribution in [3.8, 4) is 0 Å². The molecule has 2 N–H and O–H groups in total. The Morgan fingerprint density at radius 1 is 1.50 bits per heavy atom. The van der Waals surface area contributed by atoms with Crippen molar-refractivity contribution < 1.29 is 8.42 Å². The highest BCUT2D eigenvalue weighted by molar-refractivity contribution is 7.89. The van der Waals surface area contributed by atoms with E-state index in [-0.39, 0.29) is 4.90 Å². The summed E-state index contributed by atoms with van der Waals surface area (Å²) in [5, 5.41) is 7.36. The molecule has 0 amide bonds. The van der Waals surface area contributed by atoms with Crippen LogP contribution in [0.4, 0.5) is 5.69 Å². The molecule has 0 aliphatic carbocycles. The van der Waals surface area contributed by atoms with Gasteiger partial charge < -0.3 is 0 Å². The number of isothiocyanates is 1. The van der Waals surface area contributed by atoms with Gasteiger partial charge >= 0.3 is 0 Å². The van der Waals surface area contributed by atoms with Crippen molar-refractivity contribution in [2.75, 3.05) is 0 Å². The predicted octanol–water partition coefficient (Wildman–Crippen LogP) is 2.02. The fourth-order valence-corrected chi connectivity index (χ4v) is 2.32. The van der Waals surface area contributed by atoms with Gasteiger partial charge in [0.1, 0.15) is 0 Å². The molecule has 16 heavy (non-hydrogen) atoms. The van der Waals surface area contributed by atoms with Gasteiger partial charge in [0, 0.05) is 0 Å². The Hall–Kier alpha value is -1.07. The van der Waals surface area contributed by atoms with Crippen LogP contribution in [0.2, 0.25) is 0 Å². The van der Waals surface area contributed by atoms with E-state index in [0.29, 0.717) is 17.7 Å². The number of primary sulfonamides is 1. The fourth-order valence-electron chi connectivity index (χ4n) is 1.43. The third-order valence-corrected chi connectivity index (χ3v) is 3.15. The first-order valence-electron chi connectivity index (χ1n) is 4.72. The molecule has 0 saturated carbocycles. The summed E-state index contributed by atoms with van der Waals surface area (Å²) in [4.78, 5) is 3.95. The average Bonchev–Trinajstić information content (AvgIpc) is 2.17. The summed E-state index contributed by atoms with van der Waals surface area (Å²) in [6, 6.07) is 4.67. The van der Waals surface area contributed by atoms with E-state index in [1.165, 1.54) is 6.07 Å². The number of hydrogen-bond acceptors (Lipinski definition) is 4. The van der Waals surface area contributed by atoms with Crippen molar-refractivity contribution in [2.45, 2.75) is 24.7 Å². The van der Waals surface area contributed by atoms with Gasteiger partial charge in [-0.3, -0.25) is 0 Å². The van der Waals surface area contributed by atoms with Crippen LogP contribution in [0, 0.1) is 0 Å². The van der Waals surface area contributed by atoms with E-state index in [4.69, 9.17) is 5.14 Å². The maximum atomic E-state index is 11.3. The molecule has 6 heteroatoms. The van der Waals surface area contributed by atoms with Gasteiger partial charge in [-0.1, -0.05) is 13.3 Å². The maximum Gasteiger partial charge on any atom is 0.238 e. The third-order valence-electron chi connectivity index (χ3n) is 2.04. The molecule has 4 nitrogen and oxygen atoms in total. The molecule has 0 spiro atoms. The van der Waals surface area contributed by atoms with E-state index >= 15 is 0 Å². The van der Waals surface area contributed by atoms with E-state index in [2.05, 4.69) is 22.4 Å². The predicted molar refractivity (Wildman–Crippen MR) is 66.5 cm³/mol. The van der Waals surface area contributed by atoms with E-state index in [9.17, 15) is 8.42 Å². The first-order chi connectivity index (χ1) is 7.49. The highest BCUT2D eigenvalue weighted by atomic mass is 32.2. The number of thiocarbonyl (C=S) groups is 1. The molecule has 0 unspecified atom stereocenters. The number of nitrogens with two attached hydrogens (primary N) is 1. The summed E-state index contributed by atoms with van der Waals surface area (Å²) in [6.45, 7) is 1.96. The van der Waals surface area contributed by atoms with Crippen LogP contribution in [0.15, 0.2) is 28.1 Å². The van der Waals surface area contributed by atoms with Gasteiger partial charge in [-0.2, -0.15) is 4.99 Å². The highest BCUT2D eigenvalue weighted by Crippen LogP contribution is 2.22. The molecule has 0 atom stereocenters. The zero-order valence-electron chi connectivity index (χ0n) is 8.80. The van der Waals surface area contributed by atoms with Crippen LogP contribution in [0.1, 0.15) is 18.9 Å². The second-order valence-corrected chi connectivity index (χ2v) is 5.00. The lowest BCUT2D eigenvalue weighted by Gasteiger charge is -2.06. The molecule has 1 aromatic rings. The minimum absolute atomic E-state index is 0.151. The summed E-state index contributed by atoms with van der Waals surface area (Å²) in [5.74, 6) is 0. The molecule has 1 aromatic carbocycles. The summed E-state index contributed by atoms with van der Waals surface area (Å²) in [5.41, 5.74) is 1.25. The Morgan fingerprint density at radius 2 is 2.19 bits per heavy atom. The molecule has 0 saturated heterocycles. The number of aliphatic imine (C=N–C) groups is 1. The minimum Gasteiger partial charge on any atom is -0.225 e. The molecule has 0 aliphatic rings. The van der Waals surface area contributed by atoms with Crippen LogP contribution < -0.4 is 5.14 Å². The maximum absolute atomic E-state index is 11.3. The number of aryl methyl sites for hydroxylation is 1. The van der Waals surface area contributed by atoms with E-state index in [1.807, 2.05) is 6.92 Å². The van der Waals surface area contributed by atoms with E-state index < -0.39 is 10.0 Å². The van der Waals surface area contributed by atoms with Crippen LogP contribution in [0.3, 0.4) is 0 Å². The van der Waals surface area contributed by atoms with Crippen molar-refractivity contribution >= 4 is 33.1 Å². The number of benzene rings is 1. The first kappa shape index (κ1) is 13.0. The Kier molecular flexibility index (Phi) is 4.32. The van der Waals surface area contributed by atoms with Crippen LogP contribution in [-0.2, 0) is 16.4 Å². The van der Waals surface area contributed by atoms with Crippen molar-refractivity contribution in [3.63, 3.8) is 0 Å². The second-order valence-electron chi connectivity index (χ2n) is 3.29. The van der Waals surface area contributed by atoms with Crippen LogP contribution in [0.5, 0.6) is 0 Å². The average molecular weight is 256 g/mol. The largest absolute Gasteiger partial charge is 0.238 e. The zero-order chi connectivity index (χ0) is 12.2. The number of nitrogens with zero attached hydrogens (tertiary/aromatic N) is 1. The van der Waals surface area contributed by atoms with E-state index in [1.54, 1.807) is 12.1 Å². The molecule has 1 rings (SSSR count). The minimum atomic E-state index is -3.68. The van der Waals surface area contributed by atoms with Gasteiger partial charge in [0.25, 0.3) is 0 Å². The van der Waals surface area contributed by atoms with Crippen molar-refractivity contribution in [3.05, 3.63) is 23.8 Å². The smallest absolute Gasteiger partial charge is 0.225 e. The Morgan fingerprint density at radius 3 is 2.69 bits per heavy atom. The normalized spacial score (nSPS) is 10.9. The summed E-state index contributed by atoms with van der Waals surface area (Å²) in [6.07, 6.45) is 1.46.